The first-order valence-corrected chi connectivity index (χ1v) is 6.92. The van der Waals surface area contributed by atoms with Crippen molar-refractivity contribution in [2.45, 2.75) is 19.9 Å². The number of aryl methyl sites for hydroxylation is 1. The van der Waals surface area contributed by atoms with Crippen LogP contribution in [0.15, 0.2) is 36.4 Å². The maximum Gasteiger partial charge on any atom is 0.271 e. The van der Waals surface area contributed by atoms with Crippen LogP contribution in [0.25, 0.3) is 0 Å². The predicted octanol–water partition coefficient (Wildman–Crippen LogP) is 4.19. The number of halogens is 2. The van der Waals surface area contributed by atoms with Crippen LogP contribution in [0.3, 0.4) is 0 Å². The number of aromatic nitrogens is 1. The maximum atomic E-state index is 12.2. The van der Waals surface area contributed by atoms with Crippen molar-refractivity contribution in [2.24, 2.45) is 0 Å². The second-order valence-electron chi connectivity index (χ2n) is 4.57. The summed E-state index contributed by atoms with van der Waals surface area (Å²) in [6.07, 6.45) is 0. The zero-order valence-corrected chi connectivity index (χ0v) is 12.7. The number of carbonyl (C=O) groups is 1. The van der Waals surface area contributed by atoms with Gasteiger partial charge in [0.2, 0.25) is 0 Å². The summed E-state index contributed by atoms with van der Waals surface area (Å²) in [5.74, 6) is -0.342. The van der Waals surface area contributed by atoms with E-state index in [9.17, 15) is 4.79 Å². The fourth-order valence-electron chi connectivity index (χ4n) is 1.78. The monoisotopic (exact) mass is 308 g/mol. The molecule has 2 rings (SSSR count). The van der Waals surface area contributed by atoms with E-state index in [2.05, 4.69) is 10.3 Å². The van der Waals surface area contributed by atoms with Crippen molar-refractivity contribution >= 4 is 29.1 Å². The predicted molar refractivity (Wildman–Crippen MR) is 81.3 cm³/mol. The zero-order chi connectivity index (χ0) is 14.7. The van der Waals surface area contributed by atoms with Gasteiger partial charge in [-0.2, -0.15) is 0 Å². The van der Waals surface area contributed by atoms with E-state index in [0.717, 1.165) is 5.56 Å². The summed E-state index contributed by atoms with van der Waals surface area (Å²) >= 11 is 11.7. The zero-order valence-electron chi connectivity index (χ0n) is 11.2. The van der Waals surface area contributed by atoms with Gasteiger partial charge in [0.15, 0.2) is 0 Å². The number of nitrogens with zero attached hydrogens (tertiary/aromatic N) is 1. The van der Waals surface area contributed by atoms with E-state index in [0.29, 0.717) is 0 Å². The fraction of sp³-hybridized carbons (Fsp3) is 0.200. The van der Waals surface area contributed by atoms with Crippen LogP contribution in [0.5, 0.6) is 0 Å². The van der Waals surface area contributed by atoms with Crippen LogP contribution < -0.4 is 5.32 Å². The van der Waals surface area contributed by atoms with Crippen LogP contribution >= 0.6 is 23.2 Å². The van der Waals surface area contributed by atoms with Gasteiger partial charge in [0, 0.05) is 0 Å². The Labute approximate surface area is 127 Å². The minimum atomic E-state index is -0.342. The third kappa shape index (κ3) is 3.50. The van der Waals surface area contributed by atoms with Gasteiger partial charge in [-0.05, 0) is 31.5 Å². The molecule has 0 aliphatic heterocycles. The Hall–Kier alpha value is -1.58. The minimum Gasteiger partial charge on any atom is -0.344 e. The van der Waals surface area contributed by atoms with Crippen LogP contribution in [0.1, 0.15) is 34.6 Å². The lowest BCUT2D eigenvalue weighted by Gasteiger charge is -2.14. The van der Waals surface area contributed by atoms with Gasteiger partial charge in [-0.3, -0.25) is 4.79 Å². The molecule has 1 N–H and O–H groups in total. The molecule has 1 unspecified atom stereocenters. The molecule has 0 saturated carbocycles. The Balaban J connectivity index is 2.15. The van der Waals surface area contributed by atoms with Crippen molar-refractivity contribution < 1.29 is 4.79 Å². The molecule has 5 heteroatoms. The molecule has 1 aromatic heterocycles. The molecule has 0 aliphatic carbocycles. The lowest BCUT2D eigenvalue weighted by atomic mass is 10.1. The van der Waals surface area contributed by atoms with E-state index in [1.54, 1.807) is 12.1 Å². The van der Waals surface area contributed by atoms with E-state index in [4.69, 9.17) is 23.2 Å². The van der Waals surface area contributed by atoms with Gasteiger partial charge in [0.1, 0.15) is 10.8 Å². The van der Waals surface area contributed by atoms with Crippen molar-refractivity contribution in [2.75, 3.05) is 0 Å². The van der Waals surface area contributed by atoms with Gasteiger partial charge < -0.3 is 5.32 Å². The number of hydrogen-bond donors (Lipinski definition) is 1. The first kappa shape index (κ1) is 14.8. The van der Waals surface area contributed by atoms with Gasteiger partial charge in [-0.1, -0.05) is 53.0 Å². The second-order valence-corrected chi connectivity index (χ2v) is 5.36. The molecule has 0 bridgehead atoms. The normalized spacial score (nSPS) is 12.0. The molecule has 104 valence electrons. The Bertz CT molecular complexity index is 626. The molecule has 1 atom stereocenters. The molecule has 0 fully saturated rings. The highest BCUT2D eigenvalue weighted by molar-refractivity contribution is 6.34. The summed E-state index contributed by atoms with van der Waals surface area (Å²) in [4.78, 5) is 16.1. The highest BCUT2D eigenvalue weighted by atomic mass is 35.5. The number of nitrogens with one attached hydrogen (secondary N) is 1. The van der Waals surface area contributed by atoms with Gasteiger partial charge in [0.25, 0.3) is 5.91 Å². The molecule has 2 aromatic rings. The van der Waals surface area contributed by atoms with E-state index in [1.807, 2.05) is 38.1 Å². The van der Waals surface area contributed by atoms with Crippen LogP contribution in [0.4, 0.5) is 0 Å². The SMILES string of the molecule is Cc1ccc(C(C)NC(=O)c2nc(Cl)ccc2Cl)cc1. The molecule has 0 saturated heterocycles. The number of rotatable bonds is 3. The summed E-state index contributed by atoms with van der Waals surface area (Å²) < 4.78 is 0. The molecule has 1 amide bonds. The quantitative estimate of drug-likeness (QED) is 0.864. The summed E-state index contributed by atoms with van der Waals surface area (Å²) in [6, 6.07) is 10.9. The van der Waals surface area contributed by atoms with Crippen LogP contribution in [0, 0.1) is 6.92 Å². The van der Waals surface area contributed by atoms with E-state index < -0.39 is 0 Å². The average molecular weight is 309 g/mol. The molecule has 1 heterocycles. The van der Waals surface area contributed by atoms with Crippen molar-refractivity contribution in [1.29, 1.82) is 0 Å². The van der Waals surface area contributed by atoms with E-state index in [-0.39, 0.29) is 27.8 Å². The van der Waals surface area contributed by atoms with E-state index in [1.165, 1.54) is 5.56 Å². The van der Waals surface area contributed by atoms with Crippen molar-refractivity contribution in [3.05, 3.63) is 63.4 Å². The Kier molecular flexibility index (Phi) is 4.63. The lowest BCUT2D eigenvalue weighted by Crippen LogP contribution is -2.27. The number of hydrogen-bond acceptors (Lipinski definition) is 2. The number of carbonyl (C=O) groups excluding carboxylic acids is 1. The topological polar surface area (TPSA) is 42.0 Å². The second kappa shape index (κ2) is 6.25. The molecule has 0 radical (unpaired) electrons. The average Bonchev–Trinajstić information content (AvgIpc) is 2.42. The lowest BCUT2D eigenvalue weighted by molar-refractivity contribution is 0.0935. The Morgan fingerprint density at radius 1 is 1.15 bits per heavy atom. The first-order chi connectivity index (χ1) is 9.47. The van der Waals surface area contributed by atoms with Gasteiger partial charge >= 0.3 is 0 Å². The fourth-order valence-corrected chi connectivity index (χ4v) is 2.12. The highest BCUT2D eigenvalue weighted by Gasteiger charge is 2.16. The largest absolute Gasteiger partial charge is 0.344 e. The summed E-state index contributed by atoms with van der Waals surface area (Å²) in [6.45, 7) is 3.92. The number of amides is 1. The van der Waals surface area contributed by atoms with Crippen LogP contribution in [-0.4, -0.2) is 10.9 Å². The molecular formula is C15H14Cl2N2O. The minimum absolute atomic E-state index is 0.137. The number of pyridine rings is 1. The highest BCUT2D eigenvalue weighted by Crippen LogP contribution is 2.19. The van der Waals surface area contributed by atoms with Gasteiger partial charge in [0.05, 0.1) is 11.1 Å². The summed E-state index contributed by atoms with van der Waals surface area (Å²) in [7, 11) is 0. The maximum absolute atomic E-state index is 12.2. The van der Waals surface area contributed by atoms with Gasteiger partial charge in [-0.15, -0.1) is 0 Å². The van der Waals surface area contributed by atoms with Crippen molar-refractivity contribution in [1.82, 2.24) is 10.3 Å². The molecule has 3 nitrogen and oxygen atoms in total. The summed E-state index contributed by atoms with van der Waals surface area (Å²) in [5.41, 5.74) is 2.33. The molecule has 20 heavy (non-hydrogen) atoms. The van der Waals surface area contributed by atoms with Crippen LogP contribution in [-0.2, 0) is 0 Å². The van der Waals surface area contributed by atoms with E-state index >= 15 is 0 Å². The molecular weight excluding hydrogens is 295 g/mol. The molecule has 1 aromatic carbocycles. The smallest absolute Gasteiger partial charge is 0.271 e. The Morgan fingerprint density at radius 3 is 2.45 bits per heavy atom. The molecule has 0 aliphatic rings. The molecule has 0 spiro atoms. The standard InChI is InChI=1S/C15H14Cl2N2O/c1-9-3-5-11(6-4-9)10(2)18-15(20)14-12(16)7-8-13(17)19-14/h3-8,10H,1-2H3,(H,18,20). The summed E-state index contributed by atoms with van der Waals surface area (Å²) in [5, 5.41) is 3.37. The van der Waals surface area contributed by atoms with Crippen molar-refractivity contribution in [3.8, 4) is 0 Å². The number of benzene rings is 1. The van der Waals surface area contributed by atoms with Crippen LogP contribution in [0.2, 0.25) is 10.2 Å². The van der Waals surface area contributed by atoms with Crippen molar-refractivity contribution in [3.63, 3.8) is 0 Å². The van der Waals surface area contributed by atoms with Gasteiger partial charge in [-0.25, -0.2) is 4.98 Å². The third-order valence-corrected chi connectivity index (χ3v) is 3.47. The third-order valence-electron chi connectivity index (χ3n) is 2.95. The Morgan fingerprint density at radius 2 is 1.80 bits per heavy atom. The first-order valence-electron chi connectivity index (χ1n) is 6.17.